The summed E-state index contributed by atoms with van der Waals surface area (Å²) in [5.74, 6) is 0. The van der Waals surface area contributed by atoms with Gasteiger partial charge in [-0.2, -0.15) is 0 Å². The lowest BCUT2D eigenvalue weighted by molar-refractivity contribution is 0.881. The molecule has 23 heavy (non-hydrogen) atoms. The van der Waals surface area contributed by atoms with E-state index in [2.05, 4.69) is 89.1 Å². The zero-order valence-electron chi connectivity index (χ0n) is 12.9. The lowest BCUT2D eigenvalue weighted by Crippen LogP contribution is -2.23. The first-order valence-corrected chi connectivity index (χ1v) is 7.90. The molecule has 0 unspecified atom stereocenters. The molecular formula is C20H17N3. The molecule has 0 amide bonds. The first kappa shape index (κ1) is 12.6. The van der Waals surface area contributed by atoms with E-state index < -0.39 is 0 Å². The molecule has 0 bridgehead atoms. The Morgan fingerprint density at radius 1 is 0.826 bits per heavy atom. The van der Waals surface area contributed by atoms with Crippen LogP contribution in [0.15, 0.2) is 66.9 Å². The van der Waals surface area contributed by atoms with Gasteiger partial charge in [0, 0.05) is 46.5 Å². The van der Waals surface area contributed by atoms with Crippen molar-refractivity contribution in [2.75, 3.05) is 10.6 Å². The summed E-state index contributed by atoms with van der Waals surface area (Å²) in [5.41, 5.74) is 4.90. The maximum atomic E-state index is 3.66. The maximum absolute atomic E-state index is 3.66. The lowest BCUT2D eigenvalue weighted by Gasteiger charge is -2.29. The molecule has 3 nitrogen and oxygen atoms in total. The third-order valence-electron chi connectivity index (χ3n) is 4.74. The fourth-order valence-corrected chi connectivity index (χ4v) is 3.69. The average Bonchev–Trinajstić information content (AvgIpc) is 2.93. The molecule has 0 radical (unpaired) electrons. The second kappa shape index (κ2) is 4.53. The number of benzene rings is 3. The van der Waals surface area contributed by atoms with Gasteiger partial charge in [-0.05, 0) is 23.6 Å². The summed E-state index contributed by atoms with van der Waals surface area (Å²) in [5, 5.41) is 11.1. The molecular weight excluding hydrogens is 282 g/mol. The molecule has 0 spiro atoms. The highest BCUT2D eigenvalue weighted by atomic mass is 15.2. The van der Waals surface area contributed by atoms with Crippen LogP contribution in [0.3, 0.4) is 0 Å². The SMILES string of the molecule is Cn1cc(C2Nc3cccc4cccc(c34)N2)c2ccccc21. The number of para-hydroxylation sites is 1. The topological polar surface area (TPSA) is 29.0 Å². The highest BCUT2D eigenvalue weighted by Crippen LogP contribution is 2.39. The number of hydrogen-bond donors (Lipinski definition) is 2. The van der Waals surface area contributed by atoms with Gasteiger partial charge in [-0.15, -0.1) is 0 Å². The summed E-state index contributed by atoms with van der Waals surface area (Å²) >= 11 is 0. The van der Waals surface area contributed by atoms with Gasteiger partial charge in [0.2, 0.25) is 0 Å². The van der Waals surface area contributed by atoms with Crippen LogP contribution in [-0.4, -0.2) is 4.57 Å². The number of fused-ring (bicyclic) bond motifs is 1. The maximum Gasteiger partial charge on any atom is 0.125 e. The van der Waals surface area contributed by atoms with Gasteiger partial charge in [0.1, 0.15) is 6.17 Å². The standard InChI is InChI=1S/C20H17N3/c1-23-12-15(14-8-2-3-11-18(14)23)20-21-16-9-4-6-13-7-5-10-17(22-20)19(13)16/h2-12,20-22H,1H3. The van der Waals surface area contributed by atoms with Gasteiger partial charge in [0.25, 0.3) is 0 Å². The average molecular weight is 299 g/mol. The molecule has 112 valence electrons. The van der Waals surface area contributed by atoms with E-state index in [-0.39, 0.29) is 6.17 Å². The highest BCUT2D eigenvalue weighted by Gasteiger charge is 2.22. The number of anilines is 2. The summed E-state index contributed by atoms with van der Waals surface area (Å²) in [7, 11) is 2.10. The monoisotopic (exact) mass is 299 g/mol. The van der Waals surface area contributed by atoms with Crippen molar-refractivity contribution >= 4 is 33.1 Å². The number of aryl methyl sites for hydroxylation is 1. The van der Waals surface area contributed by atoms with Crippen molar-refractivity contribution in [1.29, 1.82) is 0 Å². The van der Waals surface area contributed by atoms with Crippen LogP contribution in [0.4, 0.5) is 11.4 Å². The van der Waals surface area contributed by atoms with E-state index in [0.29, 0.717) is 0 Å². The first-order chi connectivity index (χ1) is 11.3. The van der Waals surface area contributed by atoms with Crippen molar-refractivity contribution in [2.24, 2.45) is 7.05 Å². The van der Waals surface area contributed by atoms with Gasteiger partial charge < -0.3 is 15.2 Å². The molecule has 1 aliphatic rings. The predicted molar refractivity (Wildman–Crippen MR) is 96.9 cm³/mol. The largest absolute Gasteiger partial charge is 0.361 e. The molecule has 5 rings (SSSR count). The summed E-state index contributed by atoms with van der Waals surface area (Å²) in [4.78, 5) is 0. The normalized spacial score (nSPS) is 14.0. The van der Waals surface area contributed by atoms with E-state index in [1.54, 1.807) is 0 Å². The fraction of sp³-hybridized carbons (Fsp3) is 0.100. The second-order valence-electron chi connectivity index (χ2n) is 6.14. The molecule has 1 aliphatic heterocycles. The molecule has 0 saturated heterocycles. The zero-order valence-corrected chi connectivity index (χ0v) is 12.9. The number of rotatable bonds is 1. The van der Waals surface area contributed by atoms with Crippen LogP contribution in [-0.2, 0) is 7.05 Å². The van der Waals surface area contributed by atoms with Gasteiger partial charge in [-0.3, -0.25) is 0 Å². The van der Waals surface area contributed by atoms with Crippen LogP contribution in [0.2, 0.25) is 0 Å². The van der Waals surface area contributed by atoms with Crippen LogP contribution in [0.5, 0.6) is 0 Å². The van der Waals surface area contributed by atoms with E-state index in [1.807, 2.05) is 0 Å². The second-order valence-corrected chi connectivity index (χ2v) is 6.14. The molecule has 2 N–H and O–H groups in total. The molecule has 1 aromatic heterocycles. The molecule has 0 atom stereocenters. The van der Waals surface area contributed by atoms with Crippen molar-refractivity contribution in [3.05, 3.63) is 72.4 Å². The third kappa shape index (κ3) is 1.77. The molecule has 3 heteroatoms. The summed E-state index contributed by atoms with van der Waals surface area (Å²) in [6, 6.07) is 21.4. The van der Waals surface area contributed by atoms with E-state index in [0.717, 1.165) is 0 Å². The molecule has 3 aromatic carbocycles. The number of aromatic nitrogens is 1. The van der Waals surface area contributed by atoms with Crippen LogP contribution in [0, 0.1) is 0 Å². The molecule has 0 fully saturated rings. The minimum absolute atomic E-state index is 0.0709. The molecule has 4 aromatic rings. The molecule has 0 aliphatic carbocycles. The Bertz CT molecular complexity index is 1000. The molecule has 2 heterocycles. The summed E-state index contributed by atoms with van der Waals surface area (Å²) in [6.45, 7) is 0. The van der Waals surface area contributed by atoms with Gasteiger partial charge in [-0.1, -0.05) is 42.5 Å². The highest BCUT2D eigenvalue weighted by molar-refractivity contribution is 6.05. The zero-order chi connectivity index (χ0) is 15.4. The predicted octanol–water partition coefficient (Wildman–Crippen LogP) is 4.87. The summed E-state index contributed by atoms with van der Waals surface area (Å²) < 4.78 is 2.19. The lowest BCUT2D eigenvalue weighted by atomic mass is 10.0. The Kier molecular flexibility index (Phi) is 2.48. The van der Waals surface area contributed by atoms with Crippen LogP contribution in [0.25, 0.3) is 21.7 Å². The van der Waals surface area contributed by atoms with Crippen molar-refractivity contribution < 1.29 is 0 Å². The Morgan fingerprint density at radius 2 is 1.52 bits per heavy atom. The van der Waals surface area contributed by atoms with E-state index in [9.17, 15) is 0 Å². The van der Waals surface area contributed by atoms with Crippen molar-refractivity contribution in [3.8, 4) is 0 Å². The Morgan fingerprint density at radius 3 is 2.26 bits per heavy atom. The van der Waals surface area contributed by atoms with E-state index in [4.69, 9.17) is 0 Å². The fourth-order valence-electron chi connectivity index (χ4n) is 3.69. The first-order valence-electron chi connectivity index (χ1n) is 7.90. The Labute approximate surface area is 134 Å². The third-order valence-corrected chi connectivity index (χ3v) is 4.74. The van der Waals surface area contributed by atoms with Crippen molar-refractivity contribution in [3.63, 3.8) is 0 Å². The van der Waals surface area contributed by atoms with Crippen molar-refractivity contribution in [1.82, 2.24) is 4.57 Å². The van der Waals surface area contributed by atoms with E-state index >= 15 is 0 Å². The molecule has 0 saturated carbocycles. The van der Waals surface area contributed by atoms with Crippen LogP contribution in [0.1, 0.15) is 11.7 Å². The number of nitrogens with one attached hydrogen (secondary N) is 2. The van der Waals surface area contributed by atoms with Crippen LogP contribution < -0.4 is 10.6 Å². The van der Waals surface area contributed by atoms with E-state index in [1.165, 1.54) is 38.6 Å². The van der Waals surface area contributed by atoms with Gasteiger partial charge in [-0.25, -0.2) is 0 Å². The minimum Gasteiger partial charge on any atom is -0.361 e. The van der Waals surface area contributed by atoms with Crippen LogP contribution >= 0.6 is 0 Å². The minimum atomic E-state index is 0.0709. The number of hydrogen-bond acceptors (Lipinski definition) is 2. The Balaban J connectivity index is 1.69. The smallest absolute Gasteiger partial charge is 0.125 e. The van der Waals surface area contributed by atoms with Gasteiger partial charge in [0.05, 0.1) is 0 Å². The number of nitrogens with zero attached hydrogens (tertiary/aromatic N) is 1. The Hall–Kier alpha value is -2.94. The quantitative estimate of drug-likeness (QED) is 0.525. The van der Waals surface area contributed by atoms with Gasteiger partial charge in [0.15, 0.2) is 0 Å². The summed E-state index contributed by atoms with van der Waals surface area (Å²) in [6.07, 6.45) is 2.28. The van der Waals surface area contributed by atoms with Gasteiger partial charge >= 0.3 is 0 Å². The van der Waals surface area contributed by atoms with Crippen molar-refractivity contribution in [2.45, 2.75) is 6.17 Å².